The minimum Gasteiger partial charge on any atom is -0.497 e. The van der Waals surface area contributed by atoms with Crippen molar-refractivity contribution in [3.05, 3.63) is 48.0 Å². The van der Waals surface area contributed by atoms with Gasteiger partial charge in [-0.15, -0.1) is 0 Å². The number of anilines is 2. The Labute approximate surface area is 198 Å². The van der Waals surface area contributed by atoms with Crippen molar-refractivity contribution in [1.29, 1.82) is 0 Å². The SMILES string of the molecule is COCCOC(=O)Nc1cccc(NC(=O)C(NC(=O)c2cc(OC)cc(OC)c2)C(C)C)c1. The summed E-state index contributed by atoms with van der Waals surface area (Å²) in [4.78, 5) is 37.7. The second kappa shape index (κ2) is 13.0. The van der Waals surface area contributed by atoms with Gasteiger partial charge in [-0.2, -0.15) is 0 Å². The molecule has 10 heteroatoms. The monoisotopic (exact) mass is 473 g/mol. The molecule has 3 amide bonds. The summed E-state index contributed by atoms with van der Waals surface area (Å²) in [5.74, 6) is -0.132. The summed E-state index contributed by atoms with van der Waals surface area (Å²) in [6.07, 6.45) is -0.637. The predicted octanol–water partition coefficient (Wildman–Crippen LogP) is 3.29. The molecule has 0 saturated carbocycles. The number of carbonyl (C=O) groups excluding carboxylic acids is 3. The number of benzene rings is 2. The van der Waals surface area contributed by atoms with Crippen molar-refractivity contribution in [2.24, 2.45) is 5.92 Å². The predicted molar refractivity (Wildman–Crippen MR) is 128 cm³/mol. The number of nitrogens with one attached hydrogen (secondary N) is 3. The van der Waals surface area contributed by atoms with Crippen LogP contribution >= 0.6 is 0 Å². The highest BCUT2D eigenvalue weighted by atomic mass is 16.6. The number of ether oxygens (including phenoxy) is 4. The molecule has 2 aromatic carbocycles. The molecule has 0 spiro atoms. The quantitative estimate of drug-likeness (QED) is 0.428. The fraction of sp³-hybridized carbons (Fsp3) is 0.375. The summed E-state index contributed by atoms with van der Waals surface area (Å²) in [6.45, 7) is 4.05. The van der Waals surface area contributed by atoms with E-state index in [9.17, 15) is 14.4 Å². The van der Waals surface area contributed by atoms with Crippen LogP contribution in [-0.2, 0) is 14.3 Å². The van der Waals surface area contributed by atoms with Crippen molar-refractivity contribution < 1.29 is 33.3 Å². The van der Waals surface area contributed by atoms with Gasteiger partial charge < -0.3 is 29.6 Å². The molecule has 2 rings (SSSR count). The molecule has 0 fully saturated rings. The van der Waals surface area contributed by atoms with Crippen LogP contribution in [0.1, 0.15) is 24.2 Å². The minimum absolute atomic E-state index is 0.119. The van der Waals surface area contributed by atoms with Gasteiger partial charge in [-0.3, -0.25) is 14.9 Å². The van der Waals surface area contributed by atoms with Crippen LogP contribution in [0.4, 0.5) is 16.2 Å². The first-order chi connectivity index (χ1) is 16.3. The maximum Gasteiger partial charge on any atom is 0.411 e. The normalized spacial score (nSPS) is 11.4. The molecule has 0 radical (unpaired) electrons. The summed E-state index contributed by atoms with van der Waals surface area (Å²) in [7, 11) is 4.49. The largest absolute Gasteiger partial charge is 0.497 e. The number of hydrogen-bond donors (Lipinski definition) is 3. The smallest absolute Gasteiger partial charge is 0.411 e. The summed E-state index contributed by atoms with van der Waals surface area (Å²) in [6, 6.07) is 10.5. The van der Waals surface area contributed by atoms with E-state index < -0.39 is 23.9 Å². The molecule has 34 heavy (non-hydrogen) atoms. The van der Waals surface area contributed by atoms with E-state index in [1.54, 1.807) is 42.5 Å². The molecule has 10 nitrogen and oxygen atoms in total. The number of rotatable bonds is 11. The Morgan fingerprint density at radius 1 is 0.853 bits per heavy atom. The van der Waals surface area contributed by atoms with Gasteiger partial charge in [0.15, 0.2) is 0 Å². The van der Waals surface area contributed by atoms with E-state index in [-0.39, 0.29) is 19.1 Å². The lowest BCUT2D eigenvalue weighted by atomic mass is 10.0. The molecule has 1 unspecified atom stereocenters. The van der Waals surface area contributed by atoms with E-state index in [0.717, 1.165) is 0 Å². The molecule has 0 saturated heterocycles. The van der Waals surface area contributed by atoms with Gasteiger partial charge in [0.05, 0.1) is 20.8 Å². The molecule has 0 aliphatic heterocycles. The lowest BCUT2D eigenvalue weighted by molar-refractivity contribution is -0.118. The van der Waals surface area contributed by atoms with Crippen molar-refractivity contribution in [1.82, 2.24) is 5.32 Å². The average molecular weight is 474 g/mol. The molecule has 0 aliphatic carbocycles. The molecular formula is C24H31N3O7. The van der Waals surface area contributed by atoms with Crippen LogP contribution in [0.15, 0.2) is 42.5 Å². The van der Waals surface area contributed by atoms with Crippen molar-refractivity contribution in [2.45, 2.75) is 19.9 Å². The van der Waals surface area contributed by atoms with Crippen molar-refractivity contribution in [3.63, 3.8) is 0 Å². The van der Waals surface area contributed by atoms with Gasteiger partial charge in [0, 0.05) is 30.1 Å². The minimum atomic E-state index is -0.819. The zero-order valence-corrected chi connectivity index (χ0v) is 20.0. The number of carbonyl (C=O) groups is 3. The topological polar surface area (TPSA) is 124 Å². The maximum absolute atomic E-state index is 13.0. The van der Waals surface area contributed by atoms with E-state index in [0.29, 0.717) is 28.4 Å². The van der Waals surface area contributed by atoms with E-state index in [4.69, 9.17) is 18.9 Å². The van der Waals surface area contributed by atoms with Crippen LogP contribution in [0.2, 0.25) is 0 Å². The number of amides is 3. The van der Waals surface area contributed by atoms with Crippen LogP contribution in [0.25, 0.3) is 0 Å². The summed E-state index contributed by atoms with van der Waals surface area (Å²) < 4.78 is 20.2. The van der Waals surface area contributed by atoms with Gasteiger partial charge in [0.1, 0.15) is 24.1 Å². The Morgan fingerprint density at radius 3 is 2.03 bits per heavy atom. The second-order valence-electron chi connectivity index (χ2n) is 7.62. The van der Waals surface area contributed by atoms with Crippen LogP contribution in [0.3, 0.4) is 0 Å². The highest BCUT2D eigenvalue weighted by Crippen LogP contribution is 2.23. The first-order valence-electron chi connectivity index (χ1n) is 10.6. The van der Waals surface area contributed by atoms with Crippen LogP contribution < -0.4 is 25.4 Å². The van der Waals surface area contributed by atoms with Gasteiger partial charge in [0.25, 0.3) is 5.91 Å². The molecule has 3 N–H and O–H groups in total. The molecule has 184 valence electrons. The molecule has 0 aromatic heterocycles. The van der Waals surface area contributed by atoms with Gasteiger partial charge in [-0.05, 0) is 36.2 Å². The van der Waals surface area contributed by atoms with Gasteiger partial charge >= 0.3 is 6.09 Å². The first-order valence-corrected chi connectivity index (χ1v) is 10.6. The fourth-order valence-electron chi connectivity index (χ4n) is 2.96. The highest BCUT2D eigenvalue weighted by molar-refractivity contribution is 6.02. The fourth-order valence-corrected chi connectivity index (χ4v) is 2.96. The Hall–Kier alpha value is -3.79. The number of methoxy groups -OCH3 is 3. The lowest BCUT2D eigenvalue weighted by Crippen LogP contribution is -2.47. The summed E-state index contributed by atoms with van der Waals surface area (Å²) in [5, 5.41) is 8.12. The summed E-state index contributed by atoms with van der Waals surface area (Å²) in [5.41, 5.74) is 1.18. The van der Waals surface area contributed by atoms with E-state index >= 15 is 0 Å². The van der Waals surface area contributed by atoms with Gasteiger partial charge in [-0.25, -0.2) is 4.79 Å². The molecular weight excluding hydrogens is 442 g/mol. The second-order valence-corrected chi connectivity index (χ2v) is 7.62. The molecule has 1 atom stereocenters. The summed E-state index contributed by atoms with van der Waals surface area (Å²) >= 11 is 0. The number of hydrogen-bond acceptors (Lipinski definition) is 7. The van der Waals surface area contributed by atoms with E-state index in [1.165, 1.54) is 21.3 Å². The Kier molecular flexibility index (Phi) is 10.2. The van der Waals surface area contributed by atoms with Crippen LogP contribution in [0.5, 0.6) is 11.5 Å². The molecule has 0 heterocycles. The third-order valence-corrected chi connectivity index (χ3v) is 4.75. The average Bonchev–Trinajstić information content (AvgIpc) is 2.82. The third kappa shape index (κ3) is 7.96. The maximum atomic E-state index is 13.0. The lowest BCUT2D eigenvalue weighted by Gasteiger charge is -2.22. The zero-order valence-electron chi connectivity index (χ0n) is 20.0. The van der Waals surface area contributed by atoms with Crippen LogP contribution in [-0.4, -0.2) is 58.5 Å². The third-order valence-electron chi connectivity index (χ3n) is 4.75. The van der Waals surface area contributed by atoms with E-state index in [2.05, 4.69) is 16.0 Å². The molecule has 0 bridgehead atoms. The Balaban J connectivity index is 2.08. The molecule has 2 aromatic rings. The van der Waals surface area contributed by atoms with Gasteiger partial charge in [0.2, 0.25) is 5.91 Å². The van der Waals surface area contributed by atoms with Crippen molar-refractivity contribution in [2.75, 3.05) is 45.2 Å². The Morgan fingerprint density at radius 2 is 1.47 bits per heavy atom. The zero-order chi connectivity index (χ0) is 25.1. The van der Waals surface area contributed by atoms with Crippen molar-refractivity contribution >= 4 is 29.3 Å². The van der Waals surface area contributed by atoms with Crippen molar-refractivity contribution in [3.8, 4) is 11.5 Å². The van der Waals surface area contributed by atoms with Crippen LogP contribution in [0, 0.1) is 5.92 Å². The first kappa shape index (κ1) is 26.5. The molecule has 0 aliphatic rings. The highest BCUT2D eigenvalue weighted by Gasteiger charge is 2.25. The van der Waals surface area contributed by atoms with Gasteiger partial charge in [-0.1, -0.05) is 19.9 Å². The van der Waals surface area contributed by atoms with E-state index in [1.807, 2.05) is 13.8 Å². The standard InChI is InChI=1S/C24H31N3O7/c1-15(2)21(27-22(28)16-11-19(32-4)14-20(12-16)33-5)23(29)25-17-7-6-8-18(13-17)26-24(30)34-10-9-31-3/h6-8,11-15,21H,9-10H2,1-5H3,(H,25,29)(H,26,30)(H,27,28). The Bertz CT molecular complexity index is 972.